The molecule has 0 amide bonds. The van der Waals surface area contributed by atoms with Gasteiger partial charge >= 0.3 is 0 Å². The Bertz CT molecular complexity index is 2850. The lowest BCUT2D eigenvalue weighted by molar-refractivity contribution is 0.662. The third kappa shape index (κ3) is 4.86. The second kappa shape index (κ2) is 11.8. The van der Waals surface area contributed by atoms with Crippen LogP contribution >= 0.6 is 11.3 Å². The second-order valence-corrected chi connectivity index (χ2v) is 14.0. The topological polar surface area (TPSA) is 16.4 Å². The van der Waals surface area contributed by atoms with E-state index in [-0.39, 0.29) is 0 Å². The van der Waals surface area contributed by atoms with Crippen LogP contribution in [0, 0.1) is 0 Å². The van der Waals surface area contributed by atoms with E-state index in [4.69, 9.17) is 4.42 Å². The third-order valence-electron chi connectivity index (χ3n) is 9.96. The smallest absolute Gasteiger partial charge is 0.140 e. The van der Waals surface area contributed by atoms with E-state index >= 15 is 0 Å². The van der Waals surface area contributed by atoms with Gasteiger partial charge in [0.15, 0.2) is 0 Å². The Hall–Kier alpha value is -6.16. The van der Waals surface area contributed by atoms with Gasteiger partial charge in [0.1, 0.15) is 11.2 Å². The Morgan fingerprint density at radius 1 is 0.440 bits per heavy atom. The summed E-state index contributed by atoms with van der Waals surface area (Å²) in [6, 6.07) is 63.5. The SMILES string of the molecule is c1cc(-c2ccc3sc4ccccc4c3c2)cc(N(Cc2cccc3c2oc2ccccc23)c2ccc(-c3cccc4ccccc34)cc2)c1. The first-order chi connectivity index (χ1) is 24.8. The third-order valence-corrected chi connectivity index (χ3v) is 11.1. The molecule has 0 aliphatic rings. The van der Waals surface area contributed by atoms with Crippen LogP contribution < -0.4 is 4.90 Å². The molecule has 2 aromatic heterocycles. The number of hydrogen-bond acceptors (Lipinski definition) is 3. The summed E-state index contributed by atoms with van der Waals surface area (Å²) < 4.78 is 9.15. The lowest BCUT2D eigenvalue weighted by atomic mass is 9.98. The Morgan fingerprint density at radius 2 is 1.12 bits per heavy atom. The minimum atomic E-state index is 0.655. The van der Waals surface area contributed by atoms with Crippen molar-refractivity contribution < 1.29 is 4.42 Å². The van der Waals surface area contributed by atoms with Gasteiger partial charge in [0.05, 0.1) is 6.54 Å². The van der Waals surface area contributed by atoms with Gasteiger partial charge in [-0.1, -0.05) is 127 Å². The standard InChI is InChI=1S/C47H31NOS/c1-2-15-38-31(10-1)11-8-18-39(38)32-22-25-36(26-23-32)48(30-35-13-9-19-42-40-16-3-5-20-44(40)49-47(35)42)37-14-7-12-33(28-37)34-24-27-46-43(29-34)41-17-4-6-21-45(41)50-46/h1-29H,30H2. The lowest BCUT2D eigenvalue weighted by Gasteiger charge is -2.26. The maximum Gasteiger partial charge on any atom is 0.140 e. The first-order valence-electron chi connectivity index (χ1n) is 17.0. The quantitative estimate of drug-likeness (QED) is 0.177. The molecule has 0 atom stereocenters. The molecule has 2 heterocycles. The fourth-order valence-electron chi connectivity index (χ4n) is 7.49. The highest BCUT2D eigenvalue weighted by atomic mass is 32.1. The number of thiophene rings is 1. The summed E-state index contributed by atoms with van der Waals surface area (Å²) in [6.07, 6.45) is 0. The molecule has 3 heteroatoms. The number of furan rings is 1. The van der Waals surface area contributed by atoms with Crippen LogP contribution in [0.1, 0.15) is 5.56 Å². The van der Waals surface area contributed by atoms with Gasteiger partial charge in [-0.2, -0.15) is 0 Å². The van der Waals surface area contributed by atoms with Crippen molar-refractivity contribution in [1.82, 2.24) is 0 Å². The number of rotatable bonds is 6. The van der Waals surface area contributed by atoms with Crippen molar-refractivity contribution in [3.05, 3.63) is 181 Å². The molecule has 0 fully saturated rings. The first-order valence-corrected chi connectivity index (χ1v) is 17.9. The Balaban J connectivity index is 1.10. The monoisotopic (exact) mass is 657 g/mol. The molecule has 8 aromatic carbocycles. The molecule has 0 saturated heterocycles. The molecule has 0 radical (unpaired) electrons. The number of para-hydroxylation sites is 2. The highest BCUT2D eigenvalue weighted by Crippen LogP contribution is 2.39. The summed E-state index contributed by atoms with van der Waals surface area (Å²) in [5.41, 5.74) is 10.1. The van der Waals surface area contributed by atoms with Crippen LogP contribution in [0.4, 0.5) is 11.4 Å². The molecule has 236 valence electrons. The van der Waals surface area contributed by atoms with Crippen LogP contribution in [-0.2, 0) is 6.54 Å². The van der Waals surface area contributed by atoms with Crippen molar-refractivity contribution in [2.24, 2.45) is 0 Å². The van der Waals surface area contributed by atoms with Gasteiger partial charge in [-0.05, 0) is 81.6 Å². The number of nitrogens with zero attached hydrogens (tertiary/aromatic N) is 1. The molecule has 10 aromatic rings. The average molecular weight is 658 g/mol. The Morgan fingerprint density at radius 3 is 2.04 bits per heavy atom. The minimum absolute atomic E-state index is 0.655. The van der Waals surface area contributed by atoms with Crippen molar-refractivity contribution in [3.63, 3.8) is 0 Å². The zero-order valence-electron chi connectivity index (χ0n) is 27.2. The number of hydrogen-bond donors (Lipinski definition) is 0. The van der Waals surface area contributed by atoms with E-state index in [0.29, 0.717) is 6.54 Å². The molecule has 0 saturated carbocycles. The van der Waals surface area contributed by atoms with Crippen LogP contribution in [0.3, 0.4) is 0 Å². The van der Waals surface area contributed by atoms with E-state index in [1.807, 2.05) is 17.4 Å². The van der Waals surface area contributed by atoms with Crippen LogP contribution in [0.25, 0.3) is 75.1 Å². The Kier molecular flexibility index (Phi) is 6.78. The normalized spacial score (nSPS) is 11.7. The lowest BCUT2D eigenvalue weighted by Crippen LogP contribution is -2.16. The maximum absolute atomic E-state index is 6.51. The highest BCUT2D eigenvalue weighted by Gasteiger charge is 2.17. The molecule has 0 unspecified atom stereocenters. The summed E-state index contributed by atoms with van der Waals surface area (Å²) in [4.78, 5) is 2.41. The minimum Gasteiger partial charge on any atom is -0.456 e. The van der Waals surface area contributed by atoms with Gasteiger partial charge in [-0.15, -0.1) is 11.3 Å². The fraction of sp³-hybridized carbons (Fsp3) is 0.0213. The molecule has 0 aliphatic carbocycles. The maximum atomic E-state index is 6.51. The Labute approximate surface area is 294 Å². The van der Waals surface area contributed by atoms with Crippen molar-refractivity contribution in [1.29, 1.82) is 0 Å². The van der Waals surface area contributed by atoms with Gasteiger partial charge in [0.25, 0.3) is 0 Å². The predicted octanol–water partition coefficient (Wildman–Crippen LogP) is 13.8. The van der Waals surface area contributed by atoms with Gasteiger partial charge in [0.2, 0.25) is 0 Å². The van der Waals surface area contributed by atoms with Crippen molar-refractivity contribution in [2.45, 2.75) is 6.54 Å². The summed E-state index contributed by atoms with van der Waals surface area (Å²) in [7, 11) is 0. The fourth-order valence-corrected chi connectivity index (χ4v) is 8.58. The van der Waals surface area contributed by atoms with Crippen molar-refractivity contribution in [2.75, 3.05) is 4.90 Å². The van der Waals surface area contributed by atoms with Crippen molar-refractivity contribution >= 4 is 75.6 Å². The highest BCUT2D eigenvalue weighted by molar-refractivity contribution is 7.25. The molecule has 0 bridgehead atoms. The van der Waals surface area contributed by atoms with Crippen LogP contribution in [0.2, 0.25) is 0 Å². The van der Waals surface area contributed by atoms with E-state index in [9.17, 15) is 0 Å². The molecule has 0 N–H and O–H groups in total. The summed E-state index contributed by atoms with van der Waals surface area (Å²) in [6.45, 7) is 0.655. The van der Waals surface area contributed by atoms with Crippen LogP contribution in [0.15, 0.2) is 180 Å². The van der Waals surface area contributed by atoms with Crippen LogP contribution in [-0.4, -0.2) is 0 Å². The molecular weight excluding hydrogens is 627 g/mol. The van der Waals surface area contributed by atoms with Gasteiger partial charge in [-0.25, -0.2) is 0 Å². The van der Waals surface area contributed by atoms with Gasteiger partial charge in [0, 0.05) is 47.9 Å². The first kappa shape index (κ1) is 28.8. The van der Waals surface area contributed by atoms with Crippen LogP contribution in [0.5, 0.6) is 0 Å². The van der Waals surface area contributed by atoms with Gasteiger partial charge in [-0.3, -0.25) is 0 Å². The predicted molar refractivity (Wildman–Crippen MR) is 214 cm³/mol. The zero-order chi connectivity index (χ0) is 33.0. The summed E-state index contributed by atoms with van der Waals surface area (Å²) >= 11 is 1.86. The molecule has 2 nitrogen and oxygen atoms in total. The number of benzene rings is 8. The van der Waals surface area contributed by atoms with E-state index < -0.39 is 0 Å². The zero-order valence-corrected chi connectivity index (χ0v) is 28.0. The number of anilines is 2. The molecule has 0 spiro atoms. The van der Waals surface area contributed by atoms with E-state index in [0.717, 1.165) is 38.9 Å². The molecular formula is C47H31NOS. The summed E-state index contributed by atoms with van der Waals surface area (Å²) in [5.74, 6) is 0. The second-order valence-electron chi connectivity index (χ2n) is 12.9. The molecule has 0 aliphatic heterocycles. The van der Waals surface area contributed by atoms with E-state index in [1.165, 1.54) is 53.2 Å². The largest absolute Gasteiger partial charge is 0.456 e. The summed E-state index contributed by atoms with van der Waals surface area (Å²) in [5, 5.41) is 7.44. The molecule has 10 rings (SSSR count). The molecule has 50 heavy (non-hydrogen) atoms. The van der Waals surface area contributed by atoms with Gasteiger partial charge < -0.3 is 9.32 Å². The van der Waals surface area contributed by atoms with Crippen molar-refractivity contribution in [3.8, 4) is 22.3 Å². The van der Waals surface area contributed by atoms with E-state index in [2.05, 4.69) is 175 Å². The average Bonchev–Trinajstić information content (AvgIpc) is 3.76. The van der Waals surface area contributed by atoms with E-state index in [1.54, 1.807) is 0 Å². The number of fused-ring (bicyclic) bond motifs is 7.